The van der Waals surface area contributed by atoms with Crippen molar-refractivity contribution < 1.29 is 54.6 Å². The second-order valence-corrected chi connectivity index (χ2v) is 17.3. The summed E-state index contributed by atoms with van der Waals surface area (Å²) in [5.41, 5.74) is -3.34. The number of aliphatic hydroxyl groups is 1. The van der Waals surface area contributed by atoms with Crippen LogP contribution in [0.3, 0.4) is 0 Å². The lowest BCUT2D eigenvalue weighted by Gasteiger charge is -2.32. The van der Waals surface area contributed by atoms with Crippen molar-refractivity contribution in [1.29, 1.82) is 0 Å². The topological polar surface area (TPSA) is 181 Å². The minimum Gasteiger partial charge on any atom is -0.437 e. The van der Waals surface area contributed by atoms with Crippen LogP contribution in [0.4, 0.5) is 46.5 Å². The van der Waals surface area contributed by atoms with Gasteiger partial charge in [0, 0.05) is 65.4 Å². The number of allylic oxidation sites excluding steroid dienone is 6. The Kier molecular flexibility index (Phi) is 14.5. The number of pyridine rings is 3. The summed E-state index contributed by atoms with van der Waals surface area (Å²) in [7, 11) is 0. The van der Waals surface area contributed by atoms with Crippen LogP contribution >= 0.6 is 0 Å². The van der Waals surface area contributed by atoms with Gasteiger partial charge in [0.1, 0.15) is 17.4 Å². The van der Waals surface area contributed by atoms with E-state index in [2.05, 4.69) is 45.5 Å². The molecule has 2 amide bonds. The number of hydrogen-bond donors (Lipinski definition) is 3. The first-order valence-electron chi connectivity index (χ1n) is 23.6. The first-order valence-corrected chi connectivity index (χ1v) is 23.6. The molecule has 3 N–H and O–H groups in total. The lowest BCUT2D eigenvalue weighted by Crippen LogP contribution is -2.33. The first-order chi connectivity index (χ1) is 38.0. The van der Waals surface area contributed by atoms with Crippen molar-refractivity contribution in [3.63, 3.8) is 0 Å². The van der Waals surface area contributed by atoms with Crippen LogP contribution in [0.2, 0.25) is 0 Å². The molecule has 0 spiro atoms. The molecule has 2 aliphatic rings. The average Bonchev–Trinajstić information content (AvgIpc) is 3.53. The molecule has 0 saturated heterocycles. The van der Waals surface area contributed by atoms with Crippen molar-refractivity contribution in [3.8, 4) is 51.2 Å². The Morgan fingerprint density at radius 1 is 0.646 bits per heavy atom. The fraction of sp³-hybridized carbons (Fsp3) is 0.0702. The fourth-order valence-corrected chi connectivity index (χ4v) is 8.42. The second-order valence-electron chi connectivity index (χ2n) is 17.3. The van der Waals surface area contributed by atoms with E-state index in [0.717, 1.165) is 12.4 Å². The zero-order valence-corrected chi connectivity index (χ0v) is 40.4. The highest BCUT2D eigenvalue weighted by molar-refractivity contribution is 6.07. The van der Waals surface area contributed by atoms with Gasteiger partial charge in [0.2, 0.25) is 5.88 Å². The van der Waals surface area contributed by atoms with E-state index in [4.69, 9.17) is 4.74 Å². The number of rotatable bonds is 12. The van der Waals surface area contributed by atoms with E-state index in [1.54, 1.807) is 78.9 Å². The molecule has 8 aromatic rings. The van der Waals surface area contributed by atoms with Crippen molar-refractivity contribution in [2.75, 3.05) is 10.2 Å². The molecule has 0 saturated carbocycles. The van der Waals surface area contributed by atoms with Crippen LogP contribution < -0.4 is 20.3 Å². The molecule has 1 aliphatic carbocycles. The number of ether oxygens (including phenoxy) is 1. The third-order valence-electron chi connectivity index (χ3n) is 12.1. The Morgan fingerprint density at radius 3 is 1.89 bits per heavy atom. The molecule has 394 valence electrons. The number of aliphatic hydroxyl groups excluding tert-OH is 1. The smallest absolute Gasteiger partial charge is 0.417 e. The largest absolute Gasteiger partial charge is 0.437 e. The summed E-state index contributed by atoms with van der Waals surface area (Å²) in [6, 6.07) is 21.1. The lowest BCUT2D eigenvalue weighted by atomic mass is 9.99. The summed E-state index contributed by atoms with van der Waals surface area (Å²) in [5, 5.41) is 14.7. The number of benzene rings is 3. The van der Waals surface area contributed by atoms with Crippen molar-refractivity contribution >= 4 is 23.2 Å². The normalized spacial score (nSPS) is 14.4. The molecule has 6 heterocycles. The van der Waals surface area contributed by atoms with Gasteiger partial charge in [-0.15, -0.1) is 0 Å². The van der Waals surface area contributed by atoms with Crippen LogP contribution in [0.5, 0.6) is 5.88 Å². The molecular formula is C57H36F8N10O4. The Hall–Kier alpha value is -10.1. The third-order valence-corrected chi connectivity index (χ3v) is 12.1. The molecule has 1 aliphatic heterocycles. The van der Waals surface area contributed by atoms with E-state index in [0.29, 0.717) is 40.1 Å². The fourth-order valence-electron chi connectivity index (χ4n) is 8.42. The zero-order chi connectivity index (χ0) is 55.4. The van der Waals surface area contributed by atoms with Crippen molar-refractivity contribution in [1.82, 2.24) is 40.2 Å². The minimum atomic E-state index is -5.20. The quantitative estimate of drug-likeness (QED) is 0.0987. The van der Waals surface area contributed by atoms with E-state index in [9.17, 15) is 41.0 Å². The molecule has 0 atom stereocenters. The van der Waals surface area contributed by atoms with Gasteiger partial charge in [-0.1, -0.05) is 66.8 Å². The number of anilines is 2. The van der Waals surface area contributed by atoms with Gasteiger partial charge in [-0.2, -0.15) is 26.3 Å². The van der Waals surface area contributed by atoms with Crippen LogP contribution in [-0.4, -0.2) is 51.8 Å². The molecule has 5 aromatic heterocycles. The predicted octanol–water partition coefficient (Wildman–Crippen LogP) is 12.0. The van der Waals surface area contributed by atoms with E-state index >= 15 is 8.78 Å². The highest BCUT2D eigenvalue weighted by Crippen LogP contribution is 2.41. The van der Waals surface area contributed by atoms with Gasteiger partial charge in [0.05, 0.1) is 81.6 Å². The molecule has 14 nitrogen and oxygen atoms in total. The SMILES string of the molecule is O=C(NC1=CC(Oc2ccccn2)=CN(c2cnc(-c3cc(C(=O)Nc4cc(-c5ccc(CO)cn5)cnc4-c4ccccc4)c(F)cc3C(F)(F)F)nc2)C1=C1C=CC=CC1)c1cc(-c2ncccn2)c(C(F)(F)F)cc1F. The summed E-state index contributed by atoms with van der Waals surface area (Å²) in [5.74, 6) is -6.44. The monoisotopic (exact) mass is 1080 g/mol. The van der Waals surface area contributed by atoms with Crippen LogP contribution in [0.1, 0.15) is 43.8 Å². The number of carbonyl (C=O) groups excluding carboxylic acids is 2. The molecule has 3 aromatic carbocycles. The number of halogens is 8. The number of aromatic nitrogens is 7. The summed E-state index contributed by atoms with van der Waals surface area (Å²) < 4.78 is 125. The maximum atomic E-state index is 16.0. The highest BCUT2D eigenvalue weighted by Gasteiger charge is 2.38. The molecule has 0 bridgehead atoms. The number of alkyl halides is 6. The Bertz CT molecular complexity index is 3800. The Balaban J connectivity index is 1.03. The summed E-state index contributed by atoms with van der Waals surface area (Å²) in [4.78, 5) is 59.3. The molecule has 22 heteroatoms. The summed E-state index contributed by atoms with van der Waals surface area (Å²) in [6.07, 6.45) is 8.45. The van der Waals surface area contributed by atoms with Gasteiger partial charge in [-0.3, -0.25) is 19.6 Å². The van der Waals surface area contributed by atoms with Gasteiger partial charge in [-0.05, 0) is 66.1 Å². The number of carbonyl (C=O) groups is 2. The number of nitrogens with one attached hydrogen (secondary N) is 2. The van der Waals surface area contributed by atoms with Gasteiger partial charge in [0.15, 0.2) is 11.6 Å². The van der Waals surface area contributed by atoms with Gasteiger partial charge in [-0.25, -0.2) is 33.7 Å². The Morgan fingerprint density at radius 2 is 1.29 bits per heavy atom. The molecule has 0 radical (unpaired) electrons. The highest BCUT2D eigenvalue weighted by atomic mass is 19.4. The van der Waals surface area contributed by atoms with E-state index in [1.807, 2.05) is 0 Å². The van der Waals surface area contributed by atoms with Crippen molar-refractivity contribution in [2.24, 2.45) is 0 Å². The van der Waals surface area contributed by atoms with E-state index < -0.39 is 80.8 Å². The van der Waals surface area contributed by atoms with Gasteiger partial charge in [0.25, 0.3) is 11.8 Å². The summed E-state index contributed by atoms with van der Waals surface area (Å²) >= 11 is 0. The van der Waals surface area contributed by atoms with Crippen molar-refractivity contribution in [3.05, 3.63) is 239 Å². The zero-order valence-electron chi connectivity index (χ0n) is 40.4. The van der Waals surface area contributed by atoms with E-state index in [-0.39, 0.29) is 65.3 Å². The van der Waals surface area contributed by atoms with E-state index in [1.165, 1.54) is 66.4 Å². The van der Waals surface area contributed by atoms with Crippen molar-refractivity contribution in [2.45, 2.75) is 25.4 Å². The second kappa shape index (κ2) is 21.9. The van der Waals surface area contributed by atoms with Crippen LogP contribution in [0.25, 0.3) is 45.3 Å². The van der Waals surface area contributed by atoms with Crippen LogP contribution in [0.15, 0.2) is 200 Å². The third kappa shape index (κ3) is 11.4. The molecular weight excluding hydrogens is 1040 g/mol. The van der Waals surface area contributed by atoms with Crippen LogP contribution in [0, 0.1) is 11.6 Å². The van der Waals surface area contributed by atoms with Crippen LogP contribution in [-0.2, 0) is 19.0 Å². The lowest BCUT2D eigenvalue weighted by molar-refractivity contribution is -0.138. The molecule has 10 rings (SSSR count). The number of nitrogens with zero attached hydrogens (tertiary/aromatic N) is 8. The first kappa shape index (κ1) is 52.4. The van der Waals surface area contributed by atoms with Gasteiger partial charge < -0.3 is 25.4 Å². The number of amides is 2. The maximum absolute atomic E-state index is 16.0. The average molecular weight is 1080 g/mol. The summed E-state index contributed by atoms with van der Waals surface area (Å²) in [6.45, 7) is -0.263. The maximum Gasteiger partial charge on any atom is 0.417 e. The minimum absolute atomic E-state index is 0.0235. The number of hydrogen-bond acceptors (Lipinski definition) is 12. The van der Waals surface area contributed by atoms with Gasteiger partial charge >= 0.3 is 12.4 Å². The Labute approximate surface area is 442 Å². The molecule has 79 heavy (non-hydrogen) atoms. The molecule has 0 unspecified atom stereocenters. The predicted molar refractivity (Wildman–Crippen MR) is 273 cm³/mol. The molecule has 0 fully saturated rings. The standard InChI is InChI=1S/C57H36F8N10O4/c58-44-25-43(57(63,64)65)39(23-40(44)54(77)73-47-20-35(46-16-15-32(31-76)26-69-46)27-70-50(47)33-10-3-1-4-11-33)53-71-28-36(29-72-53)75-30-37(79-49-14-7-8-17-66-49)21-48(51(75)34-12-5-2-6-13-34)74-55(78)41-22-38(52-67-18-9-19-68-52)42(24-45(41)59)56(60,61)62/h1-12,14-30,76H,13,31H2,(H,73,77)(H,74,78).